The summed E-state index contributed by atoms with van der Waals surface area (Å²) in [6.45, 7) is 13.1. The SMILES string of the molecule is CCOC(=O)C(C)(CC(C)N(C)C(C)CC(C)C)NC. The van der Waals surface area contributed by atoms with Crippen molar-refractivity contribution in [2.75, 3.05) is 20.7 Å². The lowest BCUT2D eigenvalue weighted by Crippen LogP contribution is -2.53. The van der Waals surface area contributed by atoms with Crippen LogP contribution in [0.25, 0.3) is 0 Å². The lowest BCUT2D eigenvalue weighted by atomic mass is 9.92. The van der Waals surface area contributed by atoms with Crippen molar-refractivity contribution in [1.29, 1.82) is 0 Å². The maximum Gasteiger partial charge on any atom is 0.326 e. The van der Waals surface area contributed by atoms with Crippen LogP contribution in [0.2, 0.25) is 0 Å². The van der Waals surface area contributed by atoms with Gasteiger partial charge in [0.2, 0.25) is 0 Å². The molecule has 0 aliphatic heterocycles. The van der Waals surface area contributed by atoms with E-state index in [0.29, 0.717) is 24.6 Å². The smallest absolute Gasteiger partial charge is 0.326 e. The molecule has 0 aliphatic carbocycles. The fourth-order valence-electron chi connectivity index (χ4n) is 2.60. The Kier molecular flexibility index (Phi) is 8.36. The fraction of sp³-hybridized carbons (Fsp3) is 0.938. The first-order valence-electron chi connectivity index (χ1n) is 7.76. The summed E-state index contributed by atoms with van der Waals surface area (Å²) < 4.78 is 5.18. The molecule has 0 aromatic carbocycles. The Balaban J connectivity index is 4.68. The number of hydrogen-bond acceptors (Lipinski definition) is 4. The molecule has 0 bridgehead atoms. The molecule has 4 heteroatoms. The van der Waals surface area contributed by atoms with Crippen molar-refractivity contribution >= 4 is 5.97 Å². The van der Waals surface area contributed by atoms with Gasteiger partial charge in [0.05, 0.1) is 6.61 Å². The van der Waals surface area contributed by atoms with Crippen molar-refractivity contribution < 1.29 is 9.53 Å². The highest BCUT2D eigenvalue weighted by Gasteiger charge is 2.36. The summed E-state index contributed by atoms with van der Waals surface area (Å²) in [5, 5.41) is 3.13. The number of esters is 1. The van der Waals surface area contributed by atoms with E-state index in [9.17, 15) is 4.79 Å². The zero-order valence-electron chi connectivity index (χ0n) is 14.6. The number of ether oxygens (including phenoxy) is 1. The average Bonchev–Trinajstić information content (AvgIpc) is 2.36. The second-order valence-electron chi connectivity index (χ2n) is 6.50. The summed E-state index contributed by atoms with van der Waals surface area (Å²) in [4.78, 5) is 14.5. The van der Waals surface area contributed by atoms with E-state index >= 15 is 0 Å². The van der Waals surface area contributed by atoms with Gasteiger partial charge >= 0.3 is 5.97 Å². The second-order valence-corrected chi connectivity index (χ2v) is 6.50. The molecule has 0 saturated heterocycles. The molecule has 0 spiro atoms. The molecule has 3 unspecified atom stereocenters. The summed E-state index contributed by atoms with van der Waals surface area (Å²) in [7, 11) is 3.96. The van der Waals surface area contributed by atoms with Crippen LogP contribution < -0.4 is 5.32 Å². The number of nitrogens with one attached hydrogen (secondary N) is 1. The van der Waals surface area contributed by atoms with Gasteiger partial charge in [-0.05, 0) is 60.5 Å². The first-order chi connectivity index (χ1) is 9.17. The molecule has 0 aromatic heterocycles. The summed E-state index contributed by atoms with van der Waals surface area (Å²) >= 11 is 0. The van der Waals surface area contributed by atoms with Gasteiger partial charge < -0.3 is 15.0 Å². The molecule has 120 valence electrons. The molecule has 0 aliphatic rings. The highest BCUT2D eigenvalue weighted by atomic mass is 16.5. The Morgan fingerprint density at radius 2 is 1.80 bits per heavy atom. The van der Waals surface area contributed by atoms with Gasteiger partial charge in [-0.1, -0.05) is 13.8 Å². The Morgan fingerprint density at radius 3 is 2.20 bits per heavy atom. The largest absolute Gasteiger partial charge is 0.465 e. The van der Waals surface area contributed by atoms with Gasteiger partial charge in [0.25, 0.3) is 0 Å². The molecule has 0 saturated carbocycles. The minimum atomic E-state index is -0.624. The number of hydrogen-bond donors (Lipinski definition) is 1. The molecular formula is C16H34N2O2. The van der Waals surface area contributed by atoms with Crippen LogP contribution in [0.15, 0.2) is 0 Å². The van der Waals surface area contributed by atoms with Gasteiger partial charge in [0, 0.05) is 12.1 Å². The maximum absolute atomic E-state index is 12.1. The summed E-state index contributed by atoms with van der Waals surface area (Å²) in [6.07, 6.45) is 1.90. The molecule has 1 N–H and O–H groups in total. The number of carbonyl (C=O) groups excluding carboxylic acids is 1. The third-order valence-electron chi connectivity index (χ3n) is 4.18. The van der Waals surface area contributed by atoms with Gasteiger partial charge in [-0.15, -0.1) is 0 Å². The summed E-state index contributed by atoms with van der Waals surface area (Å²) in [5.74, 6) is 0.514. The van der Waals surface area contributed by atoms with Crippen LogP contribution in [0.5, 0.6) is 0 Å². The fourth-order valence-corrected chi connectivity index (χ4v) is 2.60. The predicted octanol–water partition coefficient (Wildman–Crippen LogP) is 2.67. The third kappa shape index (κ3) is 5.80. The van der Waals surface area contributed by atoms with E-state index in [-0.39, 0.29) is 5.97 Å². The highest BCUT2D eigenvalue weighted by Crippen LogP contribution is 2.20. The zero-order chi connectivity index (χ0) is 15.9. The Hall–Kier alpha value is -0.610. The summed E-state index contributed by atoms with van der Waals surface area (Å²) in [6, 6.07) is 0.818. The standard InChI is InChI=1S/C16H34N2O2/c1-9-20-15(19)16(6,17-7)11-14(5)18(8)13(4)10-12(2)3/h12-14,17H,9-11H2,1-8H3. The van der Waals surface area contributed by atoms with Crippen LogP contribution in [-0.4, -0.2) is 49.2 Å². The molecule has 0 aromatic rings. The molecule has 4 nitrogen and oxygen atoms in total. The predicted molar refractivity (Wildman–Crippen MR) is 84.9 cm³/mol. The monoisotopic (exact) mass is 286 g/mol. The Labute approximate surface area is 125 Å². The van der Waals surface area contributed by atoms with Crippen LogP contribution in [0.1, 0.15) is 54.4 Å². The lowest BCUT2D eigenvalue weighted by molar-refractivity contribution is -0.151. The molecule has 0 amide bonds. The van der Waals surface area contributed by atoms with Gasteiger partial charge in [-0.25, -0.2) is 0 Å². The first kappa shape index (κ1) is 19.4. The molecule has 0 rings (SSSR count). The number of nitrogens with zero attached hydrogens (tertiary/aromatic N) is 1. The summed E-state index contributed by atoms with van der Waals surface area (Å²) in [5.41, 5.74) is -0.624. The van der Waals surface area contributed by atoms with Crippen LogP contribution in [0, 0.1) is 5.92 Å². The molecule has 20 heavy (non-hydrogen) atoms. The second kappa shape index (κ2) is 8.63. The van der Waals surface area contributed by atoms with Crippen molar-refractivity contribution in [2.24, 2.45) is 5.92 Å². The van der Waals surface area contributed by atoms with E-state index in [1.165, 1.54) is 0 Å². The minimum absolute atomic E-state index is 0.167. The van der Waals surface area contributed by atoms with Gasteiger partial charge in [-0.3, -0.25) is 4.79 Å². The third-order valence-corrected chi connectivity index (χ3v) is 4.18. The van der Waals surface area contributed by atoms with Crippen molar-refractivity contribution in [1.82, 2.24) is 10.2 Å². The van der Waals surface area contributed by atoms with E-state index in [1.54, 1.807) is 0 Å². The van der Waals surface area contributed by atoms with Crippen molar-refractivity contribution in [2.45, 2.75) is 72.0 Å². The maximum atomic E-state index is 12.1. The average molecular weight is 286 g/mol. The van der Waals surface area contributed by atoms with Crippen LogP contribution in [0.3, 0.4) is 0 Å². The molecular weight excluding hydrogens is 252 g/mol. The van der Waals surface area contributed by atoms with Crippen molar-refractivity contribution in [3.8, 4) is 0 Å². The number of carbonyl (C=O) groups is 1. The quantitative estimate of drug-likeness (QED) is 0.662. The Bertz CT molecular complexity index is 294. The zero-order valence-corrected chi connectivity index (χ0v) is 14.6. The van der Waals surface area contributed by atoms with Crippen LogP contribution in [-0.2, 0) is 9.53 Å². The van der Waals surface area contributed by atoms with E-state index in [1.807, 2.05) is 20.9 Å². The van der Waals surface area contributed by atoms with E-state index in [2.05, 4.69) is 45.0 Å². The van der Waals surface area contributed by atoms with Crippen LogP contribution in [0.4, 0.5) is 0 Å². The normalized spacial score (nSPS) is 17.9. The van der Waals surface area contributed by atoms with E-state index < -0.39 is 5.54 Å². The highest BCUT2D eigenvalue weighted by molar-refractivity contribution is 5.80. The Morgan fingerprint density at radius 1 is 1.25 bits per heavy atom. The molecule has 3 atom stereocenters. The van der Waals surface area contributed by atoms with E-state index in [4.69, 9.17) is 4.74 Å². The van der Waals surface area contributed by atoms with Crippen LogP contribution >= 0.6 is 0 Å². The number of likely N-dealkylation sites (N-methyl/N-ethyl adjacent to an activating group) is 1. The van der Waals surface area contributed by atoms with E-state index in [0.717, 1.165) is 12.8 Å². The van der Waals surface area contributed by atoms with Gasteiger partial charge in [0.15, 0.2) is 0 Å². The van der Waals surface area contributed by atoms with Crippen molar-refractivity contribution in [3.05, 3.63) is 0 Å². The molecule has 0 radical (unpaired) electrons. The topological polar surface area (TPSA) is 41.6 Å². The van der Waals surface area contributed by atoms with Gasteiger partial charge in [-0.2, -0.15) is 0 Å². The molecule has 0 fully saturated rings. The number of rotatable bonds is 9. The minimum Gasteiger partial charge on any atom is -0.465 e. The molecule has 0 heterocycles. The van der Waals surface area contributed by atoms with Gasteiger partial charge in [0.1, 0.15) is 5.54 Å². The lowest BCUT2D eigenvalue weighted by Gasteiger charge is -2.37. The van der Waals surface area contributed by atoms with Crippen molar-refractivity contribution in [3.63, 3.8) is 0 Å². The first-order valence-corrected chi connectivity index (χ1v) is 7.76.